The van der Waals surface area contributed by atoms with E-state index in [4.69, 9.17) is 5.73 Å². The van der Waals surface area contributed by atoms with Crippen LogP contribution in [0, 0.1) is 23.4 Å². The molecule has 106 valence electrons. The van der Waals surface area contributed by atoms with E-state index in [1.54, 1.807) is 4.57 Å². The molecule has 2 N–H and O–H groups in total. The molecule has 0 aliphatic carbocycles. The Morgan fingerprint density at radius 1 is 1.20 bits per heavy atom. The number of aromatic nitrogens is 3. The molecule has 1 aliphatic rings. The molecule has 1 atom stereocenters. The highest BCUT2D eigenvalue weighted by molar-refractivity contribution is 5.56. The van der Waals surface area contributed by atoms with Crippen molar-refractivity contribution in [3.8, 4) is 11.4 Å². The number of halogens is 3. The normalized spacial score (nSPS) is 18.1. The molecule has 0 fully saturated rings. The summed E-state index contributed by atoms with van der Waals surface area (Å²) in [7, 11) is 0. The maximum atomic E-state index is 13.3. The van der Waals surface area contributed by atoms with Crippen LogP contribution in [0.5, 0.6) is 0 Å². The molecule has 4 nitrogen and oxygen atoms in total. The Labute approximate surface area is 113 Å². The first kappa shape index (κ1) is 13.1. The van der Waals surface area contributed by atoms with Crippen LogP contribution in [0.2, 0.25) is 0 Å². The van der Waals surface area contributed by atoms with Gasteiger partial charge in [-0.3, -0.25) is 0 Å². The van der Waals surface area contributed by atoms with Crippen molar-refractivity contribution < 1.29 is 13.2 Å². The first-order valence-electron chi connectivity index (χ1n) is 6.37. The predicted molar refractivity (Wildman–Crippen MR) is 66.2 cm³/mol. The Hall–Kier alpha value is -1.89. The van der Waals surface area contributed by atoms with Gasteiger partial charge < -0.3 is 10.3 Å². The molecule has 1 aromatic carbocycles. The van der Waals surface area contributed by atoms with Gasteiger partial charge in [0.05, 0.1) is 0 Å². The monoisotopic (exact) mass is 282 g/mol. The van der Waals surface area contributed by atoms with E-state index in [9.17, 15) is 13.2 Å². The van der Waals surface area contributed by atoms with Gasteiger partial charge in [0.15, 0.2) is 23.3 Å². The summed E-state index contributed by atoms with van der Waals surface area (Å²) in [5, 5.41) is 8.00. The van der Waals surface area contributed by atoms with Crippen LogP contribution < -0.4 is 5.73 Å². The Bertz CT molecular complexity index is 630. The highest BCUT2D eigenvalue weighted by atomic mass is 19.2. The van der Waals surface area contributed by atoms with Gasteiger partial charge in [-0.2, -0.15) is 0 Å². The summed E-state index contributed by atoms with van der Waals surface area (Å²) < 4.78 is 41.4. The van der Waals surface area contributed by atoms with E-state index in [2.05, 4.69) is 10.2 Å². The molecule has 1 aromatic heterocycles. The third-order valence-corrected chi connectivity index (χ3v) is 3.63. The molecule has 1 unspecified atom stereocenters. The number of nitrogens with zero attached hydrogens (tertiary/aromatic N) is 3. The Morgan fingerprint density at radius 3 is 2.55 bits per heavy atom. The molecular weight excluding hydrogens is 269 g/mol. The fraction of sp³-hybridized carbons (Fsp3) is 0.385. The Morgan fingerprint density at radius 2 is 1.90 bits per heavy atom. The predicted octanol–water partition coefficient (Wildman–Crippen LogP) is 1.88. The van der Waals surface area contributed by atoms with Gasteiger partial charge in [0.2, 0.25) is 0 Å². The average molecular weight is 282 g/mol. The van der Waals surface area contributed by atoms with Crippen molar-refractivity contribution in [2.45, 2.75) is 19.4 Å². The van der Waals surface area contributed by atoms with E-state index < -0.39 is 17.5 Å². The van der Waals surface area contributed by atoms with E-state index in [1.807, 2.05) is 0 Å². The summed E-state index contributed by atoms with van der Waals surface area (Å²) in [6.45, 7) is 1.21. The fourth-order valence-electron chi connectivity index (χ4n) is 2.49. The quantitative estimate of drug-likeness (QED) is 0.856. The third-order valence-electron chi connectivity index (χ3n) is 3.63. The SMILES string of the molecule is NCC1CCn2c(nnc2-c2cc(F)c(F)c(F)c2)C1. The van der Waals surface area contributed by atoms with Crippen LogP contribution in [0.25, 0.3) is 11.4 Å². The van der Waals surface area contributed by atoms with E-state index in [-0.39, 0.29) is 5.56 Å². The van der Waals surface area contributed by atoms with Gasteiger partial charge in [0, 0.05) is 18.5 Å². The van der Waals surface area contributed by atoms with Gasteiger partial charge in [-0.15, -0.1) is 10.2 Å². The van der Waals surface area contributed by atoms with Gasteiger partial charge in [-0.1, -0.05) is 0 Å². The molecule has 7 heteroatoms. The molecule has 0 radical (unpaired) electrons. The zero-order valence-corrected chi connectivity index (χ0v) is 10.6. The van der Waals surface area contributed by atoms with Crippen LogP contribution in [-0.2, 0) is 13.0 Å². The topological polar surface area (TPSA) is 56.7 Å². The van der Waals surface area contributed by atoms with Gasteiger partial charge in [0.25, 0.3) is 0 Å². The largest absolute Gasteiger partial charge is 0.330 e. The second-order valence-corrected chi connectivity index (χ2v) is 4.94. The molecule has 2 aromatic rings. The Balaban J connectivity index is 2.03. The number of hydrogen-bond acceptors (Lipinski definition) is 3. The number of rotatable bonds is 2. The lowest BCUT2D eigenvalue weighted by atomic mass is 9.98. The number of benzene rings is 1. The molecular formula is C13H13F3N4. The van der Waals surface area contributed by atoms with Crippen molar-refractivity contribution >= 4 is 0 Å². The maximum absolute atomic E-state index is 13.3. The fourth-order valence-corrected chi connectivity index (χ4v) is 2.49. The van der Waals surface area contributed by atoms with Crippen LogP contribution in [0.15, 0.2) is 12.1 Å². The summed E-state index contributed by atoms with van der Waals surface area (Å²) >= 11 is 0. The molecule has 0 saturated heterocycles. The number of hydrogen-bond donors (Lipinski definition) is 1. The van der Waals surface area contributed by atoms with E-state index >= 15 is 0 Å². The van der Waals surface area contributed by atoms with Gasteiger partial charge in [-0.05, 0) is 31.0 Å². The van der Waals surface area contributed by atoms with Crippen LogP contribution in [0.4, 0.5) is 13.2 Å². The first-order valence-corrected chi connectivity index (χ1v) is 6.37. The van der Waals surface area contributed by atoms with Crippen LogP contribution in [0.3, 0.4) is 0 Å². The average Bonchev–Trinajstić information content (AvgIpc) is 2.87. The molecule has 3 rings (SSSR count). The number of fused-ring (bicyclic) bond motifs is 1. The standard InChI is InChI=1S/C13H13F3N4/c14-9-4-8(5-10(15)12(9)16)13-19-18-11-3-7(6-17)1-2-20(11)13/h4-5,7H,1-3,6,17H2. The smallest absolute Gasteiger partial charge is 0.194 e. The molecule has 20 heavy (non-hydrogen) atoms. The number of nitrogens with two attached hydrogens (primary N) is 1. The van der Waals surface area contributed by atoms with E-state index in [0.29, 0.717) is 31.3 Å². The van der Waals surface area contributed by atoms with Crippen LogP contribution in [0.1, 0.15) is 12.2 Å². The summed E-state index contributed by atoms with van der Waals surface area (Å²) in [5.41, 5.74) is 5.82. The lowest BCUT2D eigenvalue weighted by molar-refractivity contribution is 0.391. The maximum Gasteiger partial charge on any atom is 0.194 e. The minimum Gasteiger partial charge on any atom is -0.330 e. The van der Waals surface area contributed by atoms with Crippen molar-refractivity contribution in [1.29, 1.82) is 0 Å². The van der Waals surface area contributed by atoms with Crippen LogP contribution in [-0.4, -0.2) is 21.3 Å². The van der Waals surface area contributed by atoms with E-state index in [1.165, 1.54) is 0 Å². The summed E-state index contributed by atoms with van der Waals surface area (Å²) in [6.07, 6.45) is 1.55. The molecule has 2 heterocycles. The highest BCUT2D eigenvalue weighted by Crippen LogP contribution is 2.27. The van der Waals surface area contributed by atoms with Crippen LogP contribution >= 0.6 is 0 Å². The van der Waals surface area contributed by atoms with Gasteiger partial charge in [0.1, 0.15) is 5.82 Å². The zero-order valence-electron chi connectivity index (χ0n) is 10.6. The lowest BCUT2D eigenvalue weighted by Gasteiger charge is -2.22. The Kier molecular flexibility index (Phi) is 3.21. The second kappa shape index (κ2) is 4.90. The summed E-state index contributed by atoms with van der Waals surface area (Å²) in [5.74, 6) is -2.49. The van der Waals surface area contributed by atoms with Gasteiger partial charge in [-0.25, -0.2) is 13.2 Å². The molecule has 0 spiro atoms. The van der Waals surface area contributed by atoms with Crippen molar-refractivity contribution in [3.05, 3.63) is 35.4 Å². The van der Waals surface area contributed by atoms with Crippen molar-refractivity contribution in [2.24, 2.45) is 11.7 Å². The van der Waals surface area contributed by atoms with Crippen molar-refractivity contribution in [2.75, 3.05) is 6.54 Å². The molecule has 0 saturated carbocycles. The highest BCUT2D eigenvalue weighted by Gasteiger charge is 2.23. The van der Waals surface area contributed by atoms with Crippen molar-refractivity contribution in [3.63, 3.8) is 0 Å². The third kappa shape index (κ3) is 2.07. The molecule has 0 bridgehead atoms. The summed E-state index contributed by atoms with van der Waals surface area (Å²) in [6, 6.07) is 1.87. The van der Waals surface area contributed by atoms with Gasteiger partial charge >= 0.3 is 0 Å². The minimum absolute atomic E-state index is 0.186. The van der Waals surface area contributed by atoms with Crippen molar-refractivity contribution in [1.82, 2.24) is 14.8 Å². The minimum atomic E-state index is -1.48. The molecule has 1 aliphatic heterocycles. The van der Waals surface area contributed by atoms with E-state index in [0.717, 1.165) is 24.4 Å². The first-order chi connectivity index (χ1) is 9.60. The molecule has 0 amide bonds. The zero-order chi connectivity index (χ0) is 14.3. The second-order valence-electron chi connectivity index (χ2n) is 4.94. The lowest BCUT2D eigenvalue weighted by Crippen LogP contribution is -2.25. The summed E-state index contributed by atoms with van der Waals surface area (Å²) in [4.78, 5) is 0.